The largest absolute Gasteiger partial charge is 0.397 e. The molecule has 1 aromatic carbocycles. The van der Waals surface area contributed by atoms with E-state index < -0.39 is 15.3 Å². The highest BCUT2D eigenvalue weighted by molar-refractivity contribution is 9.13. The number of carbonyl (C=O) groups is 1. The fourth-order valence-corrected chi connectivity index (χ4v) is 3.34. The third kappa shape index (κ3) is 2.93. The molecule has 1 heterocycles. The second-order valence-electron chi connectivity index (χ2n) is 4.24. The highest BCUT2D eigenvalue weighted by Crippen LogP contribution is 2.35. The van der Waals surface area contributed by atoms with E-state index in [1.54, 1.807) is 12.1 Å². The lowest BCUT2D eigenvalue weighted by Crippen LogP contribution is -2.32. The number of primary sulfonamides is 1. The van der Waals surface area contributed by atoms with Crippen molar-refractivity contribution in [2.24, 2.45) is 5.14 Å². The summed E-state index contributed by atoms with van der Waals surface area (Å²) >= 11 is 6.62. The van der Waals surface area contributed by atoms with Crippen LogP contribution in [0.3, 0.4) is 0 Å². The quantitative estimate of drug-likeness (QED) is 0.711. The summed E-state index contributed by atoms with van der Waals surface area (Å²) in [5.41, 5.74) is 6.73. The van der Waals surface area contributed by atoms with Crippen LogP contribution in [-0.4, -0.2) is 26.1 Å². The van der Waals surface area contributed by atoms with Crippen LogP contribution in [0.4, 0.5) is 11.4 Å². The topological polar surface area (TPSA) is 106 Å². The number of sulfonamides is 1. The van der Waals surface area contributed by atoms with E-state index in [0.29, 0.717) is 11.4 Å². The maximum atomic E-state index is 11.9. The number of nitrogens with two attached hydrogens (primary N) is 2. The molecule has 4 N–H and O–H groups in total. The summed E-state index contributed by atoms with van der Waals surface area (Å²) in [4.78, 5) is 13.3. The van der Waals surface area contributed by atoms with E-state index in [4.69, 9.17) is 10.9 Å². The molecule has 1 aromatic rings. The van der Waals surface area contributed by atoms with Gasteiger partial charge in [-0.1, -0.05) is 0 Å². The summed E-state index contributed by atoms with van der Waals surface area (Å²) in [7, 11) is -3.73. The van der Waals surface area contributed by atoms with Crippen LogP contribution in [0.5, 0.6) is 0 Å². The molecule has 6 nitrogen and oxygen atoms in total. The molecule has 9 heteroatoms. The van der Waals surface area contributed by atoms with Crippen molar-refractivity contribution in [1.82, 2.24) is 0 Å². The van der Waals surface area contributed by atoms with E-state index in [0.717, 1.165) is 8.95 Å². The van der Waals surface area contributed by atoms with Crippen molar-refractivity contribution in [2.45, 2.75) is 11.7 Å². The summed E-state index contributed by atoms with van der Waals surface area (Å²) in [6, 6.07) is 3.32. The number of hydrogen-bond donors (Lipinski definition) is 2. The van der Waals surface area contributed by atoms with E-state index in [-0.39, 0.29) is 18.9 Å². The fraction of sp³-hybridized carbons (Fsp3) is 0.300. The van der Waals surface area contributed by atoms with E-state index in [1.807, 2.05) is 0 Å². The Bertz CT molecular complexity index is 648. The molecule has 0 aliphatic carbocycles. The van der Waals surface area contributed by atoms with Crippen molar-refractivity contribution in [3.8, 4) is 0 Å². The predicted molar refractivity (Wildman–Crippen MR) is 80.1 cm³/mol. The van der Waals surface area contributed by atoms with Crippen molar-refractivity contribution in [1.29, 1.82) is 0 Å². The van der Waals surface area contributed by atoms with Gasteiger partial charge in [-0.3, -0.25) is 4.79 Å². The zero-order chi connectivity index (χ0) is 14.4. The van der Waals surface area contributed by atoms with Gasteiger partial charge in [-0.2, -0.15) is 0 Å². The normalized spacial score (nSPS) is 20.1. The number of halogens is 2. The zero-order valence-electron chi connectivity index (χ0n) is 9.64. The van der Waals surface area contributed by atoms with Crippen LogP contribution < -0.4 is 15.8 Å². The van der Waals surface area contributed by atoms with Gasteiger partial charge in [0, 0.05) is 21.9 Å². The second-order valence-corrected chi connectivity index (χ2v) is 7.80. The lowest BCUT2D eigenvalue weighted by molar-refractivity contribution is -0.117. The summed E-state index contributed by atoms with van der Waals surface area (Å²) in [6.07, 6.45) is -0.119. The van der Waals surface area contributed by atoms with Crippen molar-refractivity contribution in [3.63, 3.8) is 0 Å². The Labute approximate surface area is 127 Å². The Morgan fingerprint density at radius 2 is 1.84 bits per heavy atom. The maximum Gasteiger partial charge on any atom is 0.228 e. The minimum atomic E-state index is -3.73. The summed E-state index contributed by atoms with van der Waals surface area (Å²) in [6.45, 7) is 0.0237. The van der Waals surface area contributed by atoms with Crippen LogP contribution in [-0.2, 0) is 14.8 Å². The molecule has 1 fully saturated rings. The molecule has 0 saturated carbocycles. The van der Waals surface area contributed by atoms with E-state index in [1.165, 1.54) is 4.90 Å². The average molecular weight is 413 g/mol. The minimum Gasteiger partial charge on any atom is -0.397 e. The van der Waals surface area contributed by atoms with Crippen molar-refractivity contribution in [3.05, 3.63) is 21.1 Å². The van der Waals surface area contributed by atoms with Crippen LogP contribution in [0, 0.1) is 0 Å². The van der Waals surface area contributed by atoms with Gasteiger partial charge in [0.05, 0.1) is 11.4 Å². The number of anilines is 2. The van der Waals surface area contributed by atoms with Gasteiger partial charge in [0.25, 0.3) is 0 Å². The third-order valence-corrected chi connectivity index (χ3v) is 6.00. The first kappa shape index (κ1) is 14.8. The molecule has 0 radical (unpaired) electrons. The van der Waals surface area contributed by atoms with Gasteiger partial charge < -0.3 is 10.6 Å². The molecule has 2 rings (SSSR count). The SMILES string of the molecule is Nc1cc(Br)c(Br)cc1N1CC(S(N)(=O)=O)CC1=O. The van der Waals surface area contributed by atoms with Crippen molar-refractivity contribution in [2.75, 3.05) is 17.2 Å². The third-order valence-electron chi connectivity index (χ3n) is 2.91. The lowest BCUT2D eigenvalue weighted by Gasteiger charge is -2.19. The van der Waals surface area contributed by atoms with Gasteiger partial charge in [0.1, 0.15) is 5.25 Å². The summed E-state index contributed by atoms with van der Waals surface area (Å²) in [5, 5.41) is 4.19. The van der Waals surface area contributed by atoms with Gasteiger partial charge in [-0.15, -0.1) is 0 Å². The minimum absolute atomic E-state index is 0.0237. The Hall–Kier alpha value is -0.640. The van der Waals surface area contributed by atoms with Crippen LogP contribution in [0.15, 0.2) is 21.1 Å². The molecule has 104 valence electrons. The summed E-state index contributed by atoms with van der Waals surface area (Å²) < 4.78 is 24.1. The predicted octanol–water partition coefficient (Wildman–Crippen LogP) is 1.19. The Morgan fingerprint density at radius 3 is 2.37 bits per heavy atom. The maximum absolute atomic E-state index is 11.9. The molecule has 0 aromatic heterocycles. The molecule has 1 aliphatic rings. The smallest absolute Gasteiger partial charge is 0.228 e. The molecular formula is C10H11Br2N3O3S. The number of benzene rings is 1. The van der Waals surface area contributed by atoms with Crippen LogP contribution in [0.2, 0.25) is 0 Å². The van der Waals surface area contributed by atoms with Gasteiger partial charge in [-0.25, -0.2) is 13.6 Å². The number of rotatable bonds is 2. The first-order valence-corrected chi connectivity index (χ1v) is 8.46. The Balaban J connectivity index is 2.39. The number of carbonyl (C=O) groups excluding carboxylic acids is 1. The standard InChI is InChI=1S/C10H11Br2N3O3S/c11-6-2-8(13)9(3-7(6)12)15-4-5(1-10(15)16)19(14,17)18/h2-3,5H,1,4,13H2,(H2,14,17,18). The fourth-order valence-electron chi connectivity index (χ4n) is 1.91. The molecule has 1 atom stereocenters. The molecule has 0 spiro atoms. The second kappa shape index (κ2) is 5.04. The van der Waals surface area contributed by atoms with Crippen LogP contribution in [0.25, 0.3) is 0 Å². The van der Waals surface area contributed by atoms with Crippen molar-refractivity contribution >= 4 is 59.2 Å². The molecule has 1 unspecified atom stereocenters. The molecule has 1 aliphatic heterocycles. The molecule has 1 amide bonds. The lowest BCUT2D eigenvalue weighted by atomic mass is 10.2. The number of hydrogen-bond acceptors (Lipinski definition) is 4. The van der Waals surface area contributed by atoms with Crippen molar-refractivity contribution < 1.29 is 13.2 Å². The van der Waals surface area contributed by atoms with E-state index in [9.17, 15) is 13.2 Å². The molecule has 19 heavy (non-hydrogen) atoms. The first-order chi connectivity index (χ1) is 8.70. The van der Waals surface area contributed by atoms with E-state index in [2.05, 4.69) is 31.9 Å². The highest BCUT2D eigenvalue weighted by Gasteiger charge is 2.37. The van der Waals surface area contributed by atoms with Gasteiger partial charge in [0.15, 0.2) is 0 Å². The molecule has 1 saturated heterocycles. The Morgan fingerprint density at radius 1 is 1.26 bits per heavy atom. The average Bonchev–Trinajstić information content (AvgIpc) is 2.65. The van der Waals surface area contributed by atoms with Gasteiger partial charge >= 0.3 is 0 Å². The van der Waals surface area contributed by atoms with Crippen LogP contribution in [0.1, 0.15) is 6.42 Å². The highest BCUT2D eigenvalue weighted by atomic mass is 79.9. The molecule has 0 bridgehead atoms. The number of nitrogen functional groups attached to an aromatic ring is 1. The monoisotopic (exact) mass is 411 g/mol. The summed E-state index contributed by atoms with van der Waals surface area (Å²) in [5.74, 6) is -0.306. The first-order valence-electron chi connectivity index (χ1n) is 5.26. The molecular weight excluding hydrogens is 402 g/mol. The van der Waals surface area contributed by atoms with E-state index >= 15 is 0 Å². The van der Waals surface area contributed by atoms with Gasteiger partial charge in [-0.05, 0) is 44.0 Å². The van der Waals surface area contributed by atoms with Gasteiger partial charge in [0.2, 0.25) is 15.9 Å². The number of amides is 1. The number of nitrogens with zero attached hydrogens (tertiary/aromatic N) is 1. The Kier molecular flexibility index (Phi) is 3.92. The zero-order valence-corrected chi connectivity index (χ0v) is 13.6. The van der Waals surface area contributed by atoms with Crippen LogP contribution >= 0.6 is 31.9 Å².